The molecule has 7 nitrogen and oxygen atoms in total. The van der Waals surface area contributed by atoms with E-state index in [0.717, 1.165) is 29.1 Å². The first-order valence-corrected chi connectivity index (χ1v) is 12.3. The molecule has 1 saturated heterocycles. The van der Waals surface area contributed by atoms with Crippen LogP contribution in [-0.2, 0) is 25.6 Å². The number of carbonyl (C=O) groups is 4. The van der Waals surface area contributed by atoms with E-state index in [-0.39, 0.29) is 29.6 Å². The number of carboxylic acid groups (broad SMARTS) is 1. The van der Waals surface area contributed by atoms with E-state index in [0.29, 0.717) is 5.56 Å². The van der Waals surface area contributed by atoms with Crippen molar-refractivity contribution in [3.63, 3.8) is 0 Å². The van der Waals surface area contributed by atoms with E-state index in [1.807, 2.05) is 30.3 Å². The molecule has 1 fully saturated rings. The summed E-state index contributed by atoms with van der Waals surface area (Å²) in [7, 11) is 0. The first kappa shape index (κ1) is 25.0. The van der Waals surface area contributed by atoms with Crippen LogP contribution in [0.2, 0.25) is 0 Å². The van der Waals surface area contributed by atoms with Gasteiger partial charge < -0.3 is 15.7 Å². The molecule has 9 heteroatoms. The minimum Gasteiger partial charge on any atom is -0.480 e. The summed E-state index contributed by atoms with van der Waals surface area (Å²) in [4.78, 5) is 50.2. The smallest absolute Gasteiger partial charge is 0.323 e. The second-order valence-corrected chi connectivity index (χ2v) is 10.5. The Labute approximate surface area is 201 Å². The van der Waals surface area contributed by atoms with Crippen LogP contribution in [0.3, 0.4) is 0 Å². The van der Waals surface area contributed by atoms with Gasteiger partial charge in [-0.15, -0.1) is 11.8 Å². The Hall–Kier alpha value is -2.62. The number of nitrogens with zero attached hydrogens (tertiary/aromatic N) is 1. The summed E-state index contributed by atoms with van der Waals surface area (Å²) in [5, 5.41) is 8.49. The van der Waals surface area contributed by atoms with E-state index in [2.05, 4.69) is 0 Å². The van der Waals surface area contributed by atoms with Gasteiger partial charge >= 0.3 is 5.97 Å². The van der Waals surface area contributed by atoms with Gasteiger partial charge in [0.05, 0.1) is 11.3 Å². The summed E-state index contributed by atoms with van der Waals surface area (Å²) in [6, 6.07) is 17.1. The lowest BCUT2D eigenvalue weighted by Gasteiger charge is -2.41. The maximum Gasteiger partial charge on any atom is 0.323 e. The number of carbonyl (C=O) groups excluding carboxylic acids is 3. The van der Waals surface area contributed by atoms with Crippen molar-refractivity contribution in [1.82, 2.24) is 4.90 Å². The van der Waals surface area contributed by atoms with Crippen LogP contribution in [0.4, 0.5) is 0 Å². The third-order valence-corrected chi connectivity index (χ3v) is 7.67. The standard InChI is InChI=1S/C24H26N2O5S2/c1-16(27)33-19(14-17-8-4-2-5-9-17)23(31)24(25)22(18-10-6-3-7-11-18)26(15-21(29)30)20(28)12-13-32-24/h2-11,19,22H,12-15,25H2,1H3,(H,29,30). The molecule has 1 aliphatic heterocycles. The van der Waals surface area contributed by atoms with Crippen molar-refractivity contribution in [2.24, 2.45) is 5.73 Å². The van der Waals surface area contributed by atoms with Gasteiger partial charge in [-0.25, -0.2) is 0 Å². The Bertz CT molecular complexity index is 1020. The first-order valence-electron chi connectivity index (χ1n) is 10.5. The molecule has 2 aromatic rings. The van der Waals surface area contributed by atoms with E-state index >= 15 is 0 Å². The number of amides is 1. The molecule has 33 heavy (non-hydrogen) atoms. The fraction of sp³-hybridized carbons (Fsp3) is 0.333. The average molecular weight is 487 g/mol. The molecule has 0 aromatic heterocycles. The zero-order valence-corrected chi connectivity index (χ0v) is 19.8. The predicted molar refractivity (Wildman–Crippen MR) is 130 cm³/mol. The van der Waals surface area contributed by atoms with E-state index in [1.165, 1.54) is 11.8 Å². The normalized spacial score (nSPS) is 21.8. The van der Waals surface area contributed by atoms with E-state index < -0.39 is 34.5 Å². The van der Waals surface area contributed by atoms with Crippen LogP contribution in [0.25, 0.3) is 0 Å². The summed E-state index contributed by atoms with van der Waals surface area (Å²) in [5.74, 6) is -1.69. The highest BCUT2D eigenvalue weighted by molar-refractivity contribution is 8.14. The quantitative estimate of drug-likeness (QED) is 0.585. The predicted octanol–water partition coefficient (Wildman–Crippen LogP) is 2.89. The minimum atomic E-state index is -1.63. The summed E-state index contributed by atoms with van der Waals surface area (Å²) in [5.41, 5.74) is 8.29. The van der Waals surface area contributed by atoms with Crippen LogP contribution < -0.4 is 5.73 Å². The molecule has 1 heterocycles. The zero-order valence-electron chi connectivity index (χ0n) is 18.2. The number of thioether (sulfide) groups is 2. The maximum absolute atomic E-state index is 14.0. The summed E-state index contributed by atoms with van der Waals surface area (Å²) < 4.78 is 0. The Morgan fingerprint density at radius 3 is 2.33 bits per heavy atom. The molecule has 0 saturated carbocycles. The molecular formula is C24H26N2O5S2. The lowest BCUT2D eigenvalue weighted by atomic mass is 9.91. The molecule has 1 aliphatic rings. The molecule has 0 aliphatic carbocycles. The van der Waals surface area contributed by atoms with Gasteiger partial charge in [0.2, 0.25) is 5.91 Å². The average Bonchev–Trinajstić information content (AvgIpc) is 2.90. The lowest BCUT2D eigenvalue weighted by molar-refractivity contribution is -0.147. The second kappa shape index (κ2) is 11.0. The number of benzene rings is 2. The maximum atomic E-state index is 14.0. The van der Waals surface area contributed by atoms with Crippen molar-refractivity contribution < 1.29 is 24.3 Å². The Balaban J connectivity index is 2.09. The van der Waals surface area contributed by atoms with Crippen molar-refractivity contribution in [2.45, 2.75) is 35.9 Å². The van der Waals surface area contributed by atoms with E-state index in [1.54, 1.807) is 30.3 Å². The molecular weight excluding hydrogens is 460 g/mol. The van der Waals surface area contributed by atoms with Crippen molar-refractivity contribution in [2.75, 3.05) is 12.3 Å². The zero-order chi connectivity index (χ0) is 24.0. The highest BCUT2D eigenvalue weighted by Crippen LogP contribution is 2.44. The van der Waals surface area contributed by atoms with Crippen molar-refractivity contribution >= 4 is 46.3 Å². The third-order valence-electron chi connectivity index (χ3n) is 5.37. The van der Waals surface area contributed by atoms with Crippen molar-refractivity contribution in [1.29, 1.82) is 0 Å². The summed E-state index contributed by atoms with van der Waals surface area (Å²) >= 11 is 2.06. The van der Waals surface area contributed by atoms with Crippen molar-refractivity contribution in [3.8, 4) is 0 Å². The number of aliphatic carboxylic acids is 1. The van der Waals surface area contributed by atoms with E-state index in [4.69, 9.17) is 5.73 Å². The molecule has 1 amide bonds. The molecule has 0 bridgehead atoms. The minimum absolute atomic E-state index is 0.0662. The number of nitrogens with two attached hydrogens (primary N) is 1. The lowest BCUT2D eigenvalue weighted by Crippen LogP contribution is -2.59. The monoisotopic (exact) mass is 486 g/mol. The van der Waals surface area contributed by atoms with Crippen molar-refractivity contribution in [3.05, 3.63) is 71.8 Å². The van der Waals surface area contributed by atoms with Gasteiger partial charge in [-0.1, -0.05) is 72.4 Å². The molecule has 174 valence electrons. The Morgan fingerprint density at radius 1 is 1.15 bits per heavy atom. The summed E-state index contributed by atoms with van der Waals surface area (Å²) in [6.07, 6.45) is 0.356. The number of hydrogen-bond acceptors (Lipinski definition) is 7. The van der Waals surface area contributed by atoms with Gasteiger partial charge in [0, 0.05) is 19.1 Å². The van der Waals surface area contributed by atoms with Crippen LogP contribution >= 0.6 is 23.5 Å². The molecule has 0 radical (unpaired) electrons. The van der Waals surface area contributed by atoms with Gasteiger partial charge in [-0.3, -0.25) is 19.2 Å². The number of hydrogen-bond donors (Lipinski definition) is 2. The summed E-state index contributed by atoms with van der Waals surface area (Å²) in [6.45, 7) is 0.822. The van der Waals surface area contributed by atoms with Crippen LogP contribution in [0.15, 0.2) is 60.7 Å². The number of Topliss-reactive ketones (excluding diaryl/α,β-unsaturated/α-hetero) is 1. The number of ketones is 1. The second-order valence-electron chi connectivity index (χ2n) is 7.77. The number of rotatable bonds is 8. The van der Waals surface area contributed by atoms with Crippen LogP contribution in [0, 0.1) is 0 Å². The van der Waals surface area contributed by atoms with Crippen LogP contribution in [0.1, 0.15) is 30.5 Å². The van der Waals surface area contributed by atoms with Gasteiger partial charge in [0.15, 0.2) is 10.9 Å². The van der Waals surface area contributed by atoms with Crippen LogP contribution in [0.5, 0.6) is 0 Å². The Morgan fingerprint density at radius 2 is 1.76 bits per heavy atom. The SMILES string of the molecule is CC(=O)SC(Cc1ccccc1)C(=O)C1(N)SCCC(=O)N(CC(=O)O)C1c1ccccc1. The molecule has 2 aromatic carbocycles. The first-order chi connectivity index (χ1) is 15.7. The fourth-order valence-electron chi connectivity index (χ4n) is 3.97. The molecule has 3 unspecified atom stereocenters. The topological polar surface area (TPSA) is 118 Å². The fourth-order valence-corrected chi connectivity index (χ4v) is 6.34. The Kier molecular flexibility index (Phi) is 8.34. The van der Waals surface area contributed by atoms with E-state index in [9.17, 15) is 24.3 Å². The highest BCUT2D eigenvalue weighted by Gasteiger charge is 2.52. The molecule has 3 atom stereocenters. The third kappa shape index (κ3) is 6.04. The van der Waals surface area contributed by atoms with Gasteiger partial charge in [0.1, 0.15) is 11.4 Å². The van der Waals surface area contributed by atoms with Gasteiger partial charge in [-0.05, 0) is 17.5 Å². The molecule has 0 spiro atoms. The molecule has 3 N–H and O–H groups in total. The van der Waals surface area contributed by atoms with Gasteiger partial charge in [0.25, 0.3) is 0 Å². The van der Waals surface area contributed by atoms with Gasteiger partial charge in [-0.2, -0.15) is 0 Å². The highest BCUT2D eigenvalue weighted by atomic mass is 32.2. The number of carboxylic acids is 1. The van der Waals surface area contributed by atoms with Crippen LogP contribution in [-0.4, -0.2) is 55.2 Å². The molecule has 3 rings (SSSR count). The largest absolute Gasteiger partial charge is 0.480 e.